The van der Waals surface area contributed by atoms with Gasteiger partial charge in [0.05, 0.1) is 18.4 Å². The van der Waals surface area contributed by atoms with Crippen molar-refractivity contribution in [1.29, 1.82) is 0 Å². The number of rotatable bonds is 8. The smallest absolute Gasteiger partial charge is 0.257 e. The molecule has 1 amide bonds. The van der Waals surface area contributed by atoms with E-state index in [1.54, 1.807) is 19.2 Å². The number of benzene rings is 2. The number of hydrogen-bond donors (Lipinski definition) is 1. The van der Waals surface area contributed by atoms with Gasteiger partial charge < -0.3 is 9.47 Å². The minimum absolute atomic E-state index is 0.204. The van der Waals surface area contributed by atoms with Crippen molar-refractivity contribution in [2.75, 3.05) is 19.0 Å². The number of aryl methyl sites for hydroxylation is 1. The van der Waals surface area contributed by atoms with Crippen LogP contribution < -0.4 is 14.8 Å². The molecular formula is C21H24N2O3S. The Morgan fingerprint density at radius 2 is 2.07 bits per heavy atom. The SMILES string of the molecule is CCCCCOc1cccc(C(=O)Nc2nc3c(OC)ccc(C)c3s2)c1. The Hall–Kier alpha value is -2.60. The molecule has 0 bridgehead atoms. The summed E-state index contributed by atoms with van der Waals surface area (Å²) in [5.41, 5.74) is 2.42. The van der Waals surface area contributed by atoms with Gasteiger partial charge in [-0.25, -0.2) is 4.98 Å². The first-order chi connectivity index (χ1) is 13.1. The van der Waals surface area contributed by atoms with E-state index in [-0.39, 0.29) is 5.91 Å². The third kappa shape index (κ3) is 4.57. The van der Waals surface area contributed by atoms with E-state index in [2.05, 4.69) is 17.2 Å². The molecule has 3 aromatic rings. The minimum Gasteiger partial charge on any atom is -0.494 e. The molecule has 0 saturated heterocycles. The van der Waals surface area contributed by atoms with Crippen LogP contribution >= 0.6 is 11.3 Å². The standard InChI is InChI=1S/C21H24N2O3S/c1-4-5-6-12-26-16-9-7-8-15(13-16)20(24)23-21-22-18-17(25-3)11-10-14(2)19(18)27-21/h7-11,13H,4-6,12H2,1-3H3,(H,22,23,24). The summed E-state index contributed by atoms with van der Waals surface area (Å²) in [5.74, 6) is 1.21. The van der Waals surface area contributed by atoms with Gasteiger partial charge in [0.2, 0.25) is 0 Å². The summed E-state index contributed by atoms with van der Waals surface area (Å²) in [5, 5.41) is 3.44. The topological polar surface area (TPSA) is 60.5 Å². The van der Waals surface area contributed by atoms with Crippen molar-refractivity contribution in [3.63, 3.8) is 0 Å². The molecular weight excluding hydrogens is 360 g/mol. The first-order valence-corrected chi connectivity index (χ1v) is 9.92. The highest BCUT2D eigenvalue weighted by molar-refractivity contribution is 7.22. The molecule has 6 heteroatoms. The second kappa shape index (κ2) is 8.86. The Morgan fingerprint density at radius 1 is 1.22 bits per heavy atom. The monoisotopic (exact) mass is 384 g/mol. The zero-order valence-corrected chi connectivity index (χ0v) is 16.7. The van der Waals surface area contributed by atoms with Crippen molar-refractivity contribution < 1.29 is 14.3 Å². The molecule has 0 spiro atoms. The molecule has 0 aliphatic rings. The van der Waals surface area contributed by atoms with Gasteiger partial charge in [0, 0.05) is 5.56 Å². The van der Waals surface area contributed by atoms with Crippen LogP contribution in [0.2, 0.25) is 0 Å². The van der Waals surface area contributed by atoms with Gasteiger partial charge >= 0.3 is 0 Å². The number of hydrogen-bond acceptors (Lipinski definition) is 5. The predicted octanol–water partition coefficient (Wildman–Crippen LogP) is 5.43. The van der Waals surface area contributed by atoms with Gasteiger partial charge in [-0.05, 0) is 43.2 Å². The maximum atomic E-state index is 12.6. The van der Waals surface area contributed by atoms with Gasteiger partial charge in [-0.15, -0.1) is 0 Å². The quantitative estimate of drug-likeness (QED) is 0.526. The number of unbranched alkanes of at least 4 members (excludes halogenated alkanes) is 2. The number of ether oxygens (including phenoxy) is 2. The van der Waals surface area contributed by atoms with Crippen LogP contribution in [-0.4, -0.2) is 24.6 Å². The van der Waals surface area contributed by atoms with Crippen molar-refractivity contribution in [2.45, 2.75) is 33.1 Å². The van der Waals surface area contributed by atoms with Crippen molar-refractivity contribution in [3.05, 3.63) is 47.5 Å². The normalized spacial score (nSPS) is 10.8. The predicted molar refractivity (Wildman–Crippen MR) is 110 cm³/mol. The average molecular weight is 385 g/mol. The van der Waals surface area contributed by atoms with Crippen LogP contribution in [0.5, 0.6) is 11.5 Å². The van der Waals surface area contributed by atoms with Crippen molar-refractivity contribution in [2.24, 2.45) is 0 Å². The molecule has 0 atom stereocenters. The molecule has 1 aromatic heterocycles. The molecule has 0 unspecified atom stereocenters. The maximum absolute atomic E-state index is 12.6. The van der Waals surface area contributed by atoms with Crippen LogP contribution in [0.25, 0.3) is 10.2 Å². The zero-order valence-electron chi connectivity index (χ0n) is 15.9. The summed E-state index contributed by atoms with van der Waals surface area (Å²) in [6, 6.07) is 11.1. The van der Waals surface area contributed by atoms with E-state index in [4.69, 9.17) is 9.47 Å². The van der Waals surface area contributed by atoms with Crippen molar-refractivity contribution in [3.8, 4) is 11.5 Å². The number of carbonyl (C=O) groups excluding carboxylic acids is 1. The lowest BCUT2D eigenvalue weighted by molar-refractivity contribution is 0.102. The molecule has 5 nitrogen and oxygen atoms in total. The second-order valence-electron chi connectivity index (χ2n) is 6.32. The van der Waals surface area contributed by atoms with Gasteiger partial charge in [-0.1, -0.05) is 43.2 Å². The Kier molecular flexibility index (Phi) is 6.29. The number of carbonyl (C=O) groups is 1. The fraction of sp³-hybridized carbons (Fsp3) is 0.333. The number of amides is 1. The molecule has 0 radical (unpaired) electrons. The van der Waals surface area contributed by atoms with E-state index in [1.165, 1.54) is 11.3 Å². The molecule has 0 aliphatic heterocycles. The van der Waals surface area contributed by atoms with Crippen LogP contribution in [-0.2, 0) is 0 Å². The first-order valence-electron chi connectivity index (χ1n) is 9.10. The van der Waals surface area contributed by atoms with Gasteiger partial charge in [-0.3, -0.25) is 10.1 Å². The van der Waals surface area contributed by atoms with Crippen LogP contribution in [0.1, 0.15) is 42.1 Å². The summed E-state index contributed by atoms with van der Waals surface area (Å²) in [4.78, 5) is 17.2. The van der Waals surface area contributed by atoms with Crippen molar-refractivity contribution in [1.82, 2.24) is 4.98 Å². The number of fused-ring (bicyclic) bond motifs is 1. The number of aromatic nitrogens is 1. The first kappa shape index (κ1) is 19.2. The average Bonchev–Trinajstić information content (AvgIpc) is 3.10. The number of methoxy groups -OCH3 is 1. The highest BCUT2D eigenvalue weighted by atomic mass is 32.1. The van der Waals surface area contributed by atoms with Gasteiger partial charge in [0.25, 0.3) is 5.91 Å². The van der Waals surface area contributed by atoms with Gasteiger partial charge in [0.1, 0.15) is 17.0 Å². The number of nitrogens with one attached hydrogen (secondary N) is 1. The van der Waals surface area contributed by atoms with E-state index in [1.807, 2.05) is 31.2 Å². The third-order valence-electron chi connectivity index (χ3n) is 4.26. The Morgan fingerprint density at radius 3 is 2.85 bits per heavy atom. The summed E-state index contributed by atoms with van der Waals surface area (Å²) in [6.07, 6.45) is 3.30. The van der Waals surface area contributed by atoms with Crippen LogP contribution in [0.3, 0.4) is 0 Å². The Balaban J connectivity index is 1.74. The summed E-state index contributed by atoms with van der Waals surface area (Å²) in [6.45, 7) is 4.84. The Labute approximate surface area is 163 Å². The molecule has 142 valence electrons. The fourth-order valence-electron chi connectivity index (χ4n) is 2.77. The molecule has 27 heavy (non-hydrogen) atoms. The number of nitrogens with zero attached hydrogens (tertiary/aromatic N) is 1. The fourth-order valence-corrected chi connectivity index (χ4v) is 3.71. The third-order valence-corrected chi connectivity index (χ3v) is 5.36. The summed E-state index contributed by atoms with van der Waals surface area (Å²) >= 11 is 1.45. The maximum Gasteiger partial charge on any atom is 0.257 e. The molecule has 2 aromatic carbocycles. The molecule has 1 N–H and O–H groups in total. The summed E-state index contributed by atoms with van der Waals surface area (Å²) < 4.78 is 12.1. The minimum atomic E-state index is -0.204. The van der Waals surface area contributed by atoms with Crippen LogP contribution in [0, 0.1) is 6.92 Å². The molecule has 0 saturated carbocycles. The number of anilines is 1. The van der Waals surface area contributed by atoms with Crippen LogP contribution in [0.4, 0.5) is 5.13 Å². The van der Waals surface area contributed by atoms with Crippen LogP contribution in [0.15, 0.2) is 36.4 Å². The lowest BCUT2D eigenvalue weighted by Crippen LogP contribution is -2.11. The van der Waals surface area contributed by atoms with Crippen molar-refractivity contribution >= 4 is 32.6 Å². The van der Waals surface area contributed by atoms with E-state index in [9.17, 15) is 4.79 Å². The highest BCUT2D eigenvalue weighted by Crippen LogP contribution is 2.34. The molecule has 3 rings (SSSR count). The zero-order chi connectivity index (χ0) is 19.2. The number of thiazole rings is 1. The molecule has 0 fully saturated rings. The van der Waals surface area contributed by atoms with E-state index < -0.39 is 0 Å². The van der Waals surface area contributed by atoms with E-state index in [0.29, 0.717) is 28.8 Å². The largest absolute Gasteiger partial charge is 0.494 e. The Bertz CT molecular complexity index is 936. The lowest BCUT2D eigenvalue weighted by atomic mass is 10.2. The van der Waals surface area contributed by atoms with Gasteiger partial charge in [-0.2, -0.15) is 0 Å². The lowest BCUT2D eigenvalue weighted by Gasteiger charge is -2.07. The van der Waals surface area contributed by atoms with E-state index >= 15 is 0 Å². The van der Waals surface area contributed by atoms with Gasteiger partial charge in [0.15, 0.2) is 5.13 Å². The highest BCUT2D eigenvalue weighted by Gasteiger charge is 2.14. The van der Waals surface area contributed by atoms with E-state index in [0.717, 1.165) is 35.0 Å². The molecule has 0 aliphatic carbocycles. The molecule has 1 heterocycles. The second-order valence-corrected chi connectivity index (χ2v) is 7.32. The summed E-state index contributed by atoms with van der Waals surface area (Å²) in [7, 11) is 1.62.